The van der Waals surface area contributed by atoms with Gasteiger partial charge in [0.05, 0.1) is 16.0 Å². The number of aromatic nitrogens is 3. The van der Waals surface area contributed by atoms with Gasteiger partial charge in [0.1, 0.15) is 16.7 Å². The summed E-state index contributed by atoms with van der Waals surface area (Å²) < 4.78 is 2.50. The summed E-state index contributed by atoms with van der Waals surface area (Å²) in [6.07, 6.45) is 1.60. The topological polar surface area (TPSA) is 73.8 Å². The van der Waals surface area contributed by atoms with Gasteiger partial charge in [0.25, 0.3) is 5.69 Å². The number of non-ortho nitro benzene ring substituents is 1. The standard InChI is InChI=1S/C12H7BrN4O2/c13-11-2-1-3-12(15-11)16-7-14-9-6-8(17(18)19)4-5-10(9)16/h1-7H. The second-order valence-electron chi connectivity index (χ2n) is 3.86. The minimum Gasteiger partial charge on any atom is -0.283 e. The SMILES string of the molecule is O=[N+]([O-])c1ccc2c(c1)ncn2-c1cccc(Br)n1. The molecule has 3 rings (SSSR count). The second-order valence-corrected chi connectivity index (χ2v) is 4.68. The van der Waals surface area contributed by atoms with Gasteiger partial charge in [0, 0.05) is 12.1 Å². The summed E-state index contributed by atoms with van der Waals surface area (Å²) in [7, 11) is 0. The lowest BCUT2D eigenvalue weighted by atomic mass is 10.3. The van der Waals surface area contributed by atoms with E-state index >= 15 is 0 Å². The molecule has 0 saturated heterocycles. The summed E-state index contributed by atoms with van der Waals surface area (Å²) in [6, 6.07) is 10.1. The highest BCUT2D eigenvalue weighted by atomic mass is 79.9. The van der Waals surface area contributed by atoms with Crippen LogP contribution in [0.4, 0.5) is 5.69 Å². The molecule has 2 aromatic heterocycles. The van der Waals surface area contributed by atoms with Crippen molar-refractivity contribution in [1.29, 1.82) is 0 Å². The lowest BCUT2D eigenvalue weighted by Crippen LogP contribution is -1.95. The Morgan fingerprint density at radius 2 is 2.11 bits per heavy atom. The van der Waals surface area contributed by atoms with Crippen molar-refractivity contribution in [3.05, 3.63) is 57.4 Å². The molecule has 0 fully saturated rings. The fourth-order valence-electron chi connectivity index (χ4n) is 1.83. The van der Waals surface area contributed by atoms with Crippen LogP contribution in [0.25, 0.3) is 16.9 Å². The van der Waals surface area contributed by atoms with Gasteiger partial charge >= 0.3 is 0 Å². The van der Waals surface area contributed by atoms with E-state index in [1.807, 2.05) is 18.2 Å². The lowest BCUT2D eigenvalue weighted by molar-refractivity contribution is -0.384. The van der Waals surface area contributed by atoms with Crippen molar-refractivity contribution in [1.82, 2.24) is 14.5 Å². The first-order valence-electron chi connectivity index (χ1n) is 5.39. The van der Waals surface area contributed by atoms with E-state index in [-0.39, 0.29) is 5.69 Å². The third kappa shape index (κ3) is 2.08. The number of halogens is 1. The first kappa shape index (κ1) is 11.8. The van der Waals surface area contributed by atoms with E-state index in [1.54, 1.807) is 17.0 Å². The first-order valence-corrected chi connectivity index (χ1v) is 6.19. The Kier molecular flexibility index (Phi) is 2.75. The Bertz CT molecular complexity index is 784. The zero-order chi connectivity index (χ0) is 13.4. The third-order valence-corrected chi connectivity index (χ3v) is 3.13. The number of benzene rings is 1. The molecule has 0 unspecified atom stereocenters. The largest absolute Gasteiger partial charge is 0.283 e. The van der Waals surface area contributed by atoms with Crippen molar-refractivity contribution in [3.8, 4) is 5.82 Å². The summed E-state index contributed by atoms with van der Waals surface area (Å²) in [5.74, 6) is 0.700. The summed E-state index contributed by atoms with van der Waals surface area (Å²) in [5, 5.41) is 10.7. The fraction of sp³-hybridized carbons (Fsp3) is 0. The molecule has 0 aliphatic carbocycles. The van der Waals surface area contributed by atoms with Crippen LogP contribution in [0.5, 0.6) is 0 Å². The quantitative estimate of drug-likeness (QED) is 0.413. The van der Waals surface area contributed by atoms with Crippen molar-refractivity contribution >= 4 is 32.7 Å². The van der Waals surface area contributed by atoms with Gasteiger partial charge in [-0.2, -0.15) is 0 Å². The normalized spacial score (nSPS) is 10.8. The van der Waals surface area contributed by atoms with Crippen LogP contribution in [0.15, 0.2) is 47.3 Å². The molecule has 0 saturated carbocycles. The molecule has 6 nitrogen and oxygen atoms in total. The van der Waals surface area contributed by atoms with E-state index < -0.39 is 4.92 Å². The number of pyridine rings is 1. The Morgan fingerprint density at radius 1 is 1.26 bits per heavy atom. The average Bonchev–Trinajstić information content (AvgIpc) is 2.81. The molecule has 0 spiro atoms. The van der Waals surface area contributed by atoms with Crippen LogP contribution in [0.3, 0.4) is 0 Å². The molecule has 3 aromatic rings. The van der Waals surface area contributed by atoms with E-state index in [0.29, 0.717) is 15.9 Å². The van der Waals surface area contributed by atoms with Gasteiger partial charge in [0.2, 0.25) is 0 Å². The Morgan fingerprint density at radius 3 is 2.84 bits per heavy atom. The highest BCUT2D eigenvalue weighted by Crippen LogP contribution is 2.22. The summed E-state index contributed by atoms with van der Waals surface area (Å²) in [6.45, 7) is 0. The number of hydrogen-bond acceptors (Lipinski definition) is 4. The van der Waals surface area contributed by atoms with Crippen molar-refractivity contribution in [2.75, 3.05) is 0 Å². The maximum atomic E-state index is 10.7. The maximum absolute atomic E-state index is 10.7. The smallest absolute Gasteiger partial charge is 0.271 e. The van der Waals surface area contributed by atoms with Crippen molar-refractivity contribution < 1.29 is 4.92 Å². The van der Waals surface area contributed by atoms with E-state index in [1.165, 1.54) is 12.1 Å². The fourth-order valence-corrected chi connectivity index (χ4v) is 2.16. The van der Waals surface area contributed by atoms with Gasteiger partial charge in [-0.15, -0.1) is 0 Å². The number of nitro benzene ring substituents is 1. The van der Waals surface area contributed by atoms with Gasteiger partial charge in [-0.25, -0.2) is 9.97 Å². The zero-order valence-corrected chi connectivity index (χ0v) is 11.1. The molecule has 19 heavy (non-hydrogen) atoms. The number of imidazole rings is 1. The zero-order valence-electron chi connectivity index (χ0n) is 9.52. The van der Waals surface area contributed by atoms with E-state index in [9.17, 15) is 10.1 Å². The number of rotatable bonds is 2. The van der Waals surface area contributed by atoms with Crippen molar-refractivity contribution in [2.24, 2.45) is 0 Å². The van der Waals surface area contributed by atoms with E-state index in [0.717, 1.165) is 5.52 Å². The van der Waals surface area contributed by atoms with Crippen LogP contribution in [-0.4, -0.2) is 19.5 Å². The molecule has 0 radical (unpaired) electrons. The molecule has 0 aliphatic rings. The molecule has 0 aliphatic heterocycles. The first-order chi connectivity index (χ1) is 9.15. The van der Waals surface area contributed by atoms with E-state index in [4.69, 9.17) is 0 Å². The molecule has 0 bridgehead atoms. The van der Waals surface area contributed by atoms with Gasteiger partial charge in [-0.05, 0) is 34.1 Å². The predicted molar refractivity (Wildman–Crippen MR) is 73.2 cm³/mol. The number of hydrogen-bond donors (Lipinski definition) is 0. The monoisotopic (exact) mass is 318 g/mol. The van der Waals surface area contributed by atoms with Crippen molar-refractivity contribution in [3.63, 3.8) is 0 Å². The third-order valence-electron chi connectivity index (χ3n) is 2.69. The Labute approximate surface area is 116 Å². The van der Waals surface area contributed by atoms with Gasteiger partial charge < -0.3 is 0 Å². The molecule has 0 atom stereocenters. The summed E-state index contributed by atoms with van der Waals surface area (Å²) >= 11 is 3.31. The molecule has 1 aromatic carbocycles. The second kappa shape index (κ2) is 4.43. The number of nitrogens with zero attached hydrogens (tertiary/aromatic N) is 4. The summed E-state index contributed by atoms with van der Waals surface area (Å²) in [4.78, 5) is 18.8. The molecular weight excluding hydrogens is 312 g/mol. The minimum absolute atomic E-state index is 0.0277. The number of fused-ring (bicyclic) bond motifs is 1. The molecular formula is C12H7BrN4O2. The van der Waals surface area contributed by atoms with Crippen LogP contribution in [0, 0.1) is 10.1 Å². The van der Waals surface area contributed by atoms with E-state index in [2.05, 4.69) is 25.9 Å². The average molecular weight is 319 g/mol. The van der Waals surface area contributed by atoms with Crippen LogP contribution in [-0.2, 0) is 0 Å². The van der Waals surface area contributed by atoms with Gasteiger partial charge in [0.15, 0.2) is 0 Å². The van der Waals surface area contributed by atoms with Crippen LogP contribution >= 0.6 is 15.9 Å². The minimum atomic E-state index is -0.435. The summed E-state index contributed by atoms with van der Waals surface area (Å²) in [5.41, 5.74) is 1.37. The Hall–Kier alpha value is -2.28. The van der Waals surface area contributed by atoms with Gasteiger partial charge in [-0.3, -0.25) is 14.7 Å². The molecule has 2 heterocycles. The highest BCUT2D eigenvalue weighted by Gasteiger charge is 2.11. The van der Waals surface area contributed by atoms with Crippen LogP contribution in [0.1, 0.15) is 0 Å². The Balaban J connectivity index is 2.18. The van der Waals surface area contributed by atoms with Crippen LogP contribution in [0.2, 0.25) is 0 Å². The molecule has 0 N–H and O–H groups in total. The van der Waals surface area contributed by atoms with Crippen LogP contribution < -0.4 is 0 Å². The number of nitro groups is 1. The lowest BCUT2D eigenvalue weighted by Gasteiger charge is -2.03. The molecule has 7 heteroatoms. The van der Waals surface area contributed by atoms with Gasteiger partial charge in [-0.1, -0.05) is 6.07 Å². The highest BCUT2D eigenvalue weighted by molar-refractivity contribution is 9.10. The predicted octanol–water partition coefficient (Wildman–Crippen LogP) is 3.09. The van der Waals surface area contributed by atoms with Crippen molar-refractivity contribution in [2.45, 2.75) is 0 Å². The maximum Gasteiger partial charge on any atom is 0.271 e. The molecule has 94 valence electrons. The molecule has 0 amide bonds.